The largest absolute Gasteiger partial charge is 0.316 e. The molecule has 0 saturated heterocycles. The lowest BCUT2D eigenvalue weighted by atomic mass is 10.2. The van der Waals surface area contributed by atoms with E-state index < -0.39 is 0 Å². The number of thioether (sulfide) groups is 1. The molecule has 0 bridgehead atoms. The van der Waals surface area contributed by atoms with Crippen molar-refractivity contribution < 1.29 is 0 Å². The summed E-state index contributed by atoms with van der Waals surface area (Å²) in [5, 5.41) is 3.46. The molecule has 84 valence electrons. The van der Waals surface area contributed by atoms with Crippen LogP contribution < -0.4 is 5.32 Å². The molecule has 15 heavy (non-hydrogen) atoms. The maximum absolute atomic E-state index is 4.09. The van der Waals surface area contributed by atoms with Crippen molar-refractivity contribution in [3.63, 3.8) is 0 Å². The molecule has 0 aliphatic rings. The van der Waals surface area contributed by atoms with Crippen molar-refractivity contribution in [2.45, 2.75) is 19.3 Å². The monoisotopic (exact) mass is 224 g/mol. The van der Waals surface area contributed by atoms with Crippen LogP contribution in [0.2, 0.25) is 0 Å². The molecule has 0 radical (unpaired) electrons. The van der Waals surface area contributed by atoms with Crippen molar-refractivity contribution in [2.24, 2.45) is 0 Å². The van der Waals surface area contributed by atoms with Gasteiger partial charge in [0.05, 0.1) is 0 Å². The van der Waals surface area contributed by atoms with Crippen molar-refractivity contribution in [2.75, 3.05) is 25.1 Å². The van der Waals surface area contributed by atoms with Crippen LogP contribution in [-0.4, -0.2) is 30.1 Å². The first-order chi connectivity index (χ1) is 7.43. The molecule has 1 N–H and O–H groups in total. The topological polar surface area (TPSA) is 24.9 Å². The molecule has 1 rings (SSSR count). The van der Waals surface area contributed by atoms with E-state index in [0.717, 1.165) is 19.5 Å². The van der Waals surface area contributed by atoms with Crippen LogP contribution >= 0.6 is 11.8 Å². The predicted octanol–water partition coefficient (Wildman–Crippen LogP) is 2.36. The Balaban J connectivity index is 1.93. The first-order valence-electron chi connectivity index (χ1n) is 5.52. The Morgan fingerprint density at radius 2 is 2.27 bits per heavy atom. The molecule has 1 aromatic heterocycles. The van der Waals surface area contributed by atoms with Crippen molar-refractivity contribution >= 4 is 11.8 Å². The quantitative estimate of drug-likeness (QED) is 0.686. The summed E-state index contributed by atoms with van der Waals surface area (Å²) in [6.45, 7) is 2.20. The number of rotatable bonds is 8. The summed E-state index contributed by atoms with van der Waals surface area (Å²) >= 11 is 1.93. The molecule has 0 aromatic carbocycles. The Kier molecular flexibility index (Phi) is 7.30. The lowest BCUT2D eigenvalue weighted by Crippen LogP contribution is -2.18. The molecule has 0 aliphatic carbocycles. The van der Waals surface area contributed by atoms with Gasteiger partial charge in [0, 0.05) is 12.4 Å². The summed E-state index contributed by atoms with van der Waals surface area (Å²) < 4.78 is 0. The number of unbranched alkanes of at least 4 members (excludes halogenated alkanes) is 1. The van der Waals surface area contributed by atoms with Crippen LogP contribution in [-0.2, 0) is 6.42 Å². The maximum Gasteiger partial charge on any atom is 0.0300 e. The number of hydrogen-bond donors (Lipinski definition) is 1. The van der Waals surface area contributed by atoms with E-state index in [1.807, 2.05) is 30.2 Å². The molecule has 0 aliphatic heterocycles. The molecule has 0 unspecified atom stereocenters. The number of hydrogen-bond acceptors (Lipinski definition) is 3. The zero-order chi connectivity index (χ0) is 10.8. The van der Waals surface area contributed by atoms with Gasteiger partial charge in [0.1, 0.15) is 0 Å². The zero-order valence-corrected chi connectivity index (χ0v) is 10.2. The standard InChI is InChI=1S/C12H20N2S/c1-15-10-3-2-7-13-9-6-12-5-4-8-14-11-12/h4-5,8,11,13H,2-3,6-7,9-10H2,1H3. The van der Waals surface area contributed by atoms with Gasteiger partial charge >= 0.3 is 0 Å². The molecule has 0 saturated carbocycles. The van der Waals surface area contributed by atoms with Crippen molar-refractivity contribution in [3.8, 4) is 0 Å². The fourth-order valence-electron chi connectivity index (χ4n) is 1.40. The fraction of sp³-hybridized carbons (Fsp3) is 0.583. The van der Waals surface area contributed by atoms with Crippen LogP contribution in [0.15, 0.2) is 24.5 Å². The minimum atomic E-state index is 1.06. The van der Waals surface area contributed by atoms with Crippen LogP contribution in [0, 0.1) is 0 Å². The lowest BCUT2D eigenvalue weighted by Gasteiger charge is -2.04. The van der Waals surface area contributed by atoms with Gasteiger partial charge in [-0.2, -0.15) is 11.8 Å². The van der Waals surface area contributed by atoms with E-state index in [9.17, 15) is 0 Å². The van der Waals surface area contributed by atoms with Gasteiger partial charge in [0.25, 0.3) is 0 Å². The van der Waals surface area contributed by atoms with Gasteiger partial charge in [-0.25, -0.2) is 0 Å². The lowest BCUT2D eigenvalue weighted by molar-refractivity contribution is 0.642. The number of nitrogens with one attached hydrogen (secondary N) is 1. The van der Waals surface area contributed by atoms with Crippen molar-refractivity contribution in [3.05, 3.63) is 30.1 Å². The molecule has 1 aromatic rings. The second-order valence-corrected chi connectivity index (χ2v) is 4.55. The molecule has 2 nitrogen and oxygen atoms in total. The first-order valence-corrected chi connectivity index (χ1v) is 6.91. The van der Waals surface area contributed by atoms with E-state index in [0.29, 0.717) is 0 Å². The van der Waals surface area contributed by atoms with Crippen LogP contribution in [0.5, 0.6) is 0 Å². The molecule has 1 heterocycles. The molecule has 0 fully saturated rings. The molecule has 0 amide bonds. The van der Waals surface area contributed by atoms with Gasteiger partial charge in [0.2, 0.25) is 0 Å². The van der Waals surface area contributed by atoms with Gasteiger partial charge in [-0.15, -0.1) is 0 Å². The highest BCUT2D eigenvalue weighted by molar-refractivity contribution is 7.98. The highest BCUT2D eigenvalue weighted by atomic mass is 32.2. The van der Waals surface area contributed by atoms with Gasteiger partial charge in [0.15, 0.2) is 0 Å². The maximum atomic E-state index is 4.09. The van der Waals surface area contributed by atoms with Crippen LogP contribution in [0.1, 0.15) is 18.4 Å². The van der Waals surface area contributed by atoms with E-state index in [2.05, 4.69) is 22.6 Å². The fourth-order valence-corrected chi connectivity index (χ4v) is 1.89. The van der Waals surface area contributed by atoms with E-state index in [-0.39, 0.29) is 0 Å². The van der Waals surface area contributed by atoms with Gasteiger partial charge in [-0.3, -0.25) is 4.98 Å². The molecular weight excluding hydrogens is 204 g/mol. The number of aromatic nitrogens is 1. The number of nitrogens with zero attached hydrogens (tertiary/aromatic N) is 1. The van der Waals surface area contributed by atoms with Crippen LogP contribution in [0.25, 0.3) is 0 Å². The Morgan fingerprint density at radius 1 is 1.33 bits per heavy atom. The third-order valence-electron chi connectivity index (χ3n) is 2.27. The summed E-state index contributed by atoms with van der Waals surface area (Å²) in [6.07, 6.45) is 9.61. The summed E-state index contributed by atoms with van der Waals surface area (Å²) in [5.74, 6) is 1.28. The normalized spacial score (nSPS) is 10.5. The van der Waals surface area contributed by atoms with Gasteiger partial charge in [-0.05, 0) is 56.0 Å². The summed E-state index contributed by atoms with van der Waals surface area (Å²) in [6, 6.07) is 4.12. The molecule has 0 spiro atoms. The number of pyridine rings is 1. The minimum absolute atomic E-state index is 1.06. The van der Waals surface area contributed by atoms with Crippen molar-refractivity contribution in [1.29, 1.82) is 0 Å². The van der Waals surface area contributed by atoms with Gasteiger partial charge < -0.3 is 5.32 Å². The predicted molar refractivity (Wildman–Crippen MR) is 68.4 cm³/mol. The Bertz CT molecular complexity index is 239. The molecular formula is C12H20N2S. The minimum Gasteiger partial charge on any atom is -0.316 e. The summed E-state index contributed by atoms with van der Waals surface area (Å²) in [5.41, 5.74) is 1.31. The Morgan fingerprint density at radius 3 is 3.00 bits per heavy atom. The zero-order valence-electron chi connectivity index (χ0n) is 9.41. The highest BCUT2D eigenvalue weighted by Gasteiger charge is 1.92. The first kappa shape index (κ1) is 12.5. The average Bonchev–Trinajstić information content (AvgIpc) is 2.29. The smallest absolute Gasteiger partial charge is 0.0300 e. The highest BCUT2D eigenvalue weighted by Crippen LogP contribution is 1.98. The van der Waals surface area contributed by atoms with E-state index in [4.69, 9.17) is 0 Å². The third kappa shape index (κ3) is 6.52. The summed E-state index contributed by atoms with van der Waals surface area (Å²) in [7, 11) is 0. The molecule has 3 heteroatoms. The second-order valence-electron chi connectivity index (χ2n) is 3.56. The Hall–Kier alpha value is -0.540. The Labute approximate surface area is 96.9 Å². The summed E-state index contributed by atoms with van der Waals surface area (Å²) in [4.78, 5) is 4.09. The van der Waals surface area contributed by atoms with E-state index >= 15 is 0 Å². The van der Waals surface area contributed by atoms with Gasteiger partial charge in [-0.1, -0.05) is 6.07 Å². The van der Waals surface area contributed by atoms with E-state index in [1.54, 1.807) is 0 Å². The van der Waals surface area contributed by atoms with Crippen molar-refractivity contribution in [1.82, 2.24) is 10.3 Å². The SMILES string of the molecule is CSCCCCNCCc1cccnc1. The third-order valence-corrected chi connectivity index (χ3v) is 2.96. The van der Waals surface area contributed by atoms with Crippen LogP contribution in [0.3, 0.4) is 0 Å². The van der Waals surface area contributed by atoms with E-state index in [1.165, 1.54) is 24.2 Å². The second kappa shape index (κ2) is 8.74. The van der Waals surface area contributed by atoms with Crippen LogP contribution in [0.4, 0.5) is 0 Å². The molecule has 0 atom stereocenters. The average molecular weight is 224 g/mol.